The zero-order valence-corrected chi connectivity index (χ0v) is 32.9. The van der Waals surface area contributed by atoms with Crippen molar-refractivity contribution in [2.45, 2.75) is 180 Å². The standard InChI is InChI=1S/C41H73O8P/c1-4-6-8-10-12-14-16-18-19-20-21-22-23-24-26-28-30-32-34-36-41(43)49-39(38-48-50(44,45)46-3)37-47-40(42)35-33-31-29-27-25-17-15-13-11-9-7-5-2/h12-15,18-19,21-22,39H,4-11,16-17,20,23-38H2,1-3H3,(H,44,45)/b14-12-,15-13-,19-18-,22-21-. The molecule has 0 aromatic carbocycles. The van der Waals surface area contributed by atoms with E-state index >= 15 is 0 Å². The van der Waals surface area contributed by atoms with E-state index in [2.05, 4.69) is 67.0 Å². The molecule has 0 aliphatic rings. The number of hydrogen-bond donors (Lipinski definition) is 1. The summed E-state index contributed by atoms with van der Waals surface area (Å²) in [7, 11) is -3.21. The highest BCUT2D eigenvalue weighted by Gasteiger charge is 2.24. The Balaban J connectivity index is 4.07. The predicted octanol–water partition coefficient (Wildman–Crippen LogP) is 12.2. The fourth-order valence-electron chi connectivity index (χ4n) is 5.19. The van der Waals surface area contributed by atoms with Gasteiger partial charge in [0.2, 0.25) is 0 Å². The molecule has 0 radical (unpaired) electrons. The van der Waals surface area contributed by atoms with E-state index in [4.69, 9.17) is 14.0 Å². The second-order valence-electron chi connectivity index (χ2n) is 13.1. The number of hydrogen-bond acceptors (Lipinski definition) is 7. The Hall–Kier alpha value is -1.99. The maximum Gasteiger partial charge on any atom is 0.472 e. The Bertz CT molecular complexity index is 958. The Labute approximate surface area is 306 Å². The van der Waals surface area contributed by atoms with Crippen LogP contribution in [0.25, 0.3) is 0 Å². The second kappa shape index (κ2) is 36.8. The minimum atomic E-state index is -4.26. The third-order valence-corrected chi connectivity index (χ3v) is 9.23. The number of rotatable bonds is 36. The summed E-state index contributed by atoms with van der Waals surface area (Å²) in [6.45, 7) is 3.80. The summed E-state index contributed by atoms with van der Waals surface area (Å²) in [5.74, 6) is -0.832. The van der Waals surface area contributed by atoms with Gasteiger partial charge in [0, 0.05) is 20.0 Å². The molecule has 0 aromatic heterocycles. The van der Waals surface area contributed by atoms with Crippen LogP contribution < -0.4 is 0 Å². The van der Waals surface area contributed by atoms with Crippen LogP contribution in [-0.2, 0) is 32.7 Å². The molecular formula is C41H73O8P. The number of ether oxygens (including phenoxy) is 2. The number of unbranched alkanes of at least 4 members (excludes halogenated alkanes) is 17. The van der Waals surface area contributed by atoms with E-state index in [1.54, 1.807) is 0 Å². The molecule has 50 heavy (non-hydrogen) atoms. The molecule has 8 nitrogen and oxygen atoms in total. The Morgan fingerprint density at radius 3 is 1.44 bits per heavy atom. The van der Waals surface area contributed by atoms with E-state index in [-0.39, 0.29) is 25.4 Å². The highest BCUT2D eigenvalue weighted by Crippen LogP contribution is 2.42. The molecule has 0 amide bonds. The third kappa shape index (κ3) is 35.8. The highest BCUT2D eigenvalue weighted by molar-refractivity contribution is 7.47. The van der Waals surface area contributed by atoms with Crippen LogP contribution in [0.4, 0.5) is 0 Å². The molecule has 0 aliphatic heterocycles. The lowest BCUT2D eigenvalue weighted by atomic mass is 10.1. The van der Waals surface area contributed by atoms with Crippen LogP contribution in [-0.4, -0.2) is 43.3 Å². The minimum absolute atomic E-state index is 0.227. The fraction of sp³-hybridized carbons (Fsp3) is 0.756. The third-order valence-electron chi connectivity index (χ3n) is 8.30. The average molecular weight is 725 g/mol. The van der Waals surface area contributed by atoms with E-state index < -0.39 is 26.5 Å². The van der Waals surface area contributed by atoms with Gasteiger partial charge in [-0.15, -0.1) is 0 Å². The van der Waals surface area contributed by atoms with E-state index in [0.29, 0.717) is 6.42 Å². The first-order valence-electron chi connectivity index (χ1n) is 19.8. The van der Waals surface area contributed by atoms with Crippen molar-refractivity contribution in [1.82, 2.24) is 0 Å². The SMILES string of the molecule is CCCCC/C=C\C/C=C\C/C=C\CCCCCCCCC(=O)OC(COC(=O)CCCCCCC/C=C\CCCCC)COP(=O)(O)OC. The van der Waals surface area contributed by atoms with Gasteiger partial charge in [-0.25, -0.2) is 4.57 Å². The van der Waals surface area contributed by atoms with Crippen LogP contribution in [0.5, 0.6) is 0 Å². The Morgan fingerprint density at radius 1 is 0.560 bits per heavy atom. The molecule has 0 saturated carbocycles. The number of phosphoric ester groups is 1. The molecule has 0 fully saturated rings. The number of allylic oxidation sites excluding steroid dienone is 8. The molecule has 2 unspecified atom stereocenters. The van der Waals surface area contributed by atoms with Crippen molar-refractivity contribution in [3.05, 3.63) is 48.6 Å². The van der Waals surface area contributed by atoms with Gasteiger partial charge in [-0.05, 0) is 77.0 Å². The lowest BCUT2D eigenvalue weighted by Crippen LogP contribution is -2.29. The first-order valence-corrected chi connectivity index (χ1v) is 21.3. The number of esters is 2. The molecule has 0 aliphatic carbocycles. The van der Waals surface area contributed by atoms with Crippen molar-refractivity contribution in [2.75, 3.05) is 20.3 Å². The quantitative estimate of drug-likeness (QED) is 0.0294. The molecule has 2 atom stereocenters. The fourth-order valence-corrected chi connectivity index (χ4v) is 5.65. The number of carbonyl (C=O) groups excluding carboxylic acids is 2. The van der Waals surface area contributed by atoms with Gasteiger partial charge < -0.3 is 14.4 Å². The molecule has 290 valence electrons. The van der Waals surface area contributed by atoms with Gasteiger partial charge in [-0.2, -0.15) is 0 Å². The topological polar surface area (TPSA) is 108 Å². The van der Waals surface area contributed by atoms with Gasteiger partial charge in [0.1, 0.15) is 6.61 Å². The lowest BCUT2D eigenvalue weighted by Gasteiger charge is -2.19. The first-order chi connectivity index (χ1) is 24.3. The monoisotopic (exact) mass is 725 g/mol. The van der Waals surface area contributed by atoms with Crippen molar-refractivity contribution < 1.29 is 37.6 Å². The van der Waals surface area contributed by atoms with Gasteiger partial charge in [0.05, 0.1) is 6.61 Å². The summed E-state index contributed by atoms with van der Waals surface area (Å²) in [4.78, 5) is 34.3. The van der Waals surface area contributed by atoms with Crippen LogP contribution in [0.1, 0.15) is 174 Å². The molecule has 1 N–H and O–H groups in total. The van der Waals surface area contributed by atoms with Gasteiger partial charge >= 0.3 is 19.8 Å². The van der Waals surface area contributed by atoms with E-state index in [1.165, 1.54) is 51.4 Å². The molecule has 0 saturated heterocycles. The normalized spacial score (nSPS) is 13.9. The lowest BCUT2D eigenvalue weighted by molar-refractivity contribution is -0.161. The van der Waals surface area contributed by atoms with Crippen molar-refractivity contribution in [1.29, 1.82) is 0 Å². The van der Waals surface area contributed by atoms with Gasteiger partial charge in [-0.1, -0.05) is 133 Å². The van der Waals surface area contributed by atoms with Crippen LogP contribution in [0, 0.1) is 0 Å². The van der Waals surface area contributed by atoms with Crippen molar-refractivity contribution in [3.8, 4) is 0 Å². The van der Waals surface area contributed by atoms with Crippen LogP contribution in [0.3, 0.4) is 0 Å². The van der Waals surface area contributed by atoms with Crippen molar-refractivity contribution in [2.24, 2.45) is 0 Å². The number of carbonyl (C=O) groups is 2. The molecule has 0 aromatic rings. The second-order valence-corrected chi connectivity index (χ2v) is 14.6. The van der Waals surface area contributed by atoms with E-state index in [9.17, 15) is 19.0 Å². The Morgan fingerprint density at radius 2 is 0.960 bits per heavy atom. The molecule has 0 rings (SSSR count). The summed E-state index contributed by atoms with van der Waals surface area (Å²) in [6.07, 6.45) is 43.0. The molecule has 0 spiro atoms. The van der Waals surface area contributed by atoms with E-state index in [0.717, 1.165) is 97.0 Å². The molecule has 0 bridgehead atoms. The Kier molecular flexibility index (Phi) is 35.3. The number of phosphoric acid groups is 1. The average Bonchev–Trinajstić information content (AvgIpc) is 3.10. The van der Waals surface area contributed by atoms with Gasteiger partial charge in [-0.3, -0.25) is 18.6 Å². The molecular weight excluding hydrogens is 651 g/mol. The smallest absolute Gasteiger partial charge is 0.462 e. The summed E-state index contributed by atoms with van der Waals surface area (Å²) >= 11 is 0. The first kappa shape index (κ1) is 48.0. The van der Waals surface area contributed by atoms with Crippen LogP contribution in [0.2, 0.25) is 0 Å². The van der Waals surface area contributed by atoms with Crippen LogP contribution >= 0.6 is 7.82 Å². The van der Waals surface area contributed by atoms with Crippen molar-refractivity contribution >= 4 is 19.8 Å². The van der Waals surface area contributed by atoms with Crippen molar-refractivity contribution in [3.63, 3.8) is 0 Å². The summed E-state index contributed by atoms with van der Waals surface area (Å²) in [5, 5.41) is 0. The summed E-state index contributed by atoms with van der Waals surface area (Å²) in [6, 6.07) is 0. The maximum absolute atomic E-state index is 12.5. The zero-order chi connectivity index (χ0) is 36.8. The maximum atomic E-state index is 12.5. The van der Waals surface area contributed by atoms with Gasteiger partial charge in [0.15, 0.2) is 6.10 Å². The predicted molar refractivity (Wildman–Crippen MR) is 207 cm³/mol. The minimum Gasteiger partial charge on any atom is -0.462 e. The van der Waals surface area contributed by atoms with Gasteiger partial charge in [0.25, 0.3) is 0 Å². The summed E-state index contributed by atoms with van der Waals surface area (Å²) < 4.78 is 31.9. The largest absolute Gasteiger partial charge is 0.472 e. The highest BCUT2D eigenvalue weighted by atomic mass is 31.2. The summed E-state index contributed by atoms with van der Waals surface area (Å²) in [5.41, 5.74) is 0. The van der Waals surface area contributed by atoms with Crippen LogP contribution in [0.15, 0.2) is 48.6 Å². The molecule has 9 heteroatoms. The van der Waals surface area contributed by atoms with E-state index in [1.807, 2.05) is 0 Å². The zero-order valence-electron chi connectivity index (χ0n) is 32.0. The molecule has 0 heterocycles.